The first-order valence-electron chi connectivity index (χ1n) is 3.12. The van der Waals surface area contributed by atoms with Gasteiger partial charge >= 0.3 is 0 Å². The second-order valence-corrected chi connectivity index (χ2v) is 1.78. The van der Waals surface area contributed by atoms with Gasteiger partial charge in [0.15, 0.2) is 0 Å². The molecule has 0 saturated carbocycles. The Balaban J connectivity index is 2.89. The van der Waals surface area contributed by atoms with Crippen LogP contribution in [0.1, 0.15) is 6.42 Å². The fourth-order valence-electron chi connectivity index (χ4n) is 0.459. The van der Waals surface area contributed by atoms with E-state index in [9.17, 15) is 8.78 Å². The van der Waals surface area contributed by atoms with Crippen molar-refractivity contribution in [2.75, 3.05) is 27.0 Å². The molecule has 10 heavy (non-hydrogen) atoms. The maximum atomic E-state index is 11.9. The van der Waals surface area contributed by atoms with Crippen molar-refractivity contribution in [2.24, 2.45) is 0 Å². The van der Waals surface area contributed by atoms with Crippen molar-refractivity contribution >= 4 is 0 Å². The number of rotatable bonds is 6. The van der Waals surface area contributed by atoms with Crippen molar-refractivity contribution in [1.29, 1.82) is 0 Å². The molecule has 2 nitrogen and oxygen atoms in total. The van der Waals surface area contributed by atoms with E-state index in [4.69, 9.17) is 0 Å². The molecule has 0 saturated heterocycles. The molecule has 4 heteroatoms. The summed E-state index contributed by atoms with van der Waals surface area (Å²) in [7, 11) is 1.54. The van der Waals surface area contributed by atoms with Gasteiger partial charge in [-0.05, 0) is 6.42 Å². The molecular weight excluding hydrogens is 142 g/mol. The highest BCUT2D eigenvalue weighted by atomic mass is 19.2. The van der Waals surface area contributed by atoms with Crippen LogP contribution < -0.4 is 0 Å². The monoisotopic (exact) mass is 154 g/mol. The lowest BCUT2D eigenvalue weighted by atomic mass is 10.5. The topological polar surface area (TPSA) is 18.5 Å². The predicted molar refractivity (Wildman–Crippen MR) is 33.3 cm³/mol. The molecule has 0 radical (unpaired) electrons. The normalized spacial score (nSPS) is 13.5. The summed E-state index contributed by atoms with van der Waals surface area (Å²) < 4.78 is 32.3. The average molecular weight is 154 g/mol. The maximum absolute atomic E-state index is 11.9. The van der Waals surface area contributed by atoms with Gasteiger partial charge in [0.05, 0.1) is 6.61 Å². The Morgan fingerprint density at radius 3 is 2.60 bits per heavy atom. The third-order valence-electron chi connectivity index (χ3n) is 0.913. The van der Waals surface area contributed by atoms with Gasteiger partial charge in [-0.2, -0.15) is 0 Å². The zero-order chi connectivity index (χ0) is 7.82. The van der Waals surface area contributed by atoms with Gasteiger partial charge in [0.2, 0.25) is 6.36 Å². The van der Waals surface area contributed by atoms with E-state index in [-0.39, 0.29) is 6.61 Å². The summed E-state index contributed by atoms with van der Waals surface area (Å²) in [5, 5.41) is 0. The van der Waals surface area contributed by atoms with Crippen LogP contribution in [0.15, 0.2) is 0 Å². The van der Waals surface area contributed by atoms with E-state index in [0.29, 0.717) is 13.0 Å². The largest absolute Gasteiger partial charge is 0.385 e. The van der Waals surface area contributed by atoms with E-state index in [1.165, 1.54) is 0 Å². The number of methoxy groups -OCH3 is 1. The molecule has 0 aromatic rings. The van der Waals surface area contributed by atoms with Crippen LogP contribution in [0.5, 0.6) is 0 Å². The molecule has 0 N–H and O–H groups in total. The van der Waals surface area contributed by atoms with E-state index in [0.717, 1.165) is 0 Å². The molecule has 0 aliphatic rings. The summed E-state index contributed by atoms with van der Waals surface area (Å²) in [5.41, 5.74) is 0. The van der Waals surface area contributed by atoms with Crippen molar-refractivity contribution in [2.45, 2.75) is 12.8 Å². The van der Waals surface area contributed by atoms with Crippen LogP contribution in [0.3, 0.4) is 0 Å². The van der Waals surface area contributed by atoms with E-state index >= 15 is 0 Å². The van der Waals surface area contributed by atoms with Gasteiger partial charge < -0.3 is 9.47 Å². The predicted octanol–water partition coefficient (Wildman–Crippen LogP) is 1.30. The molecule has 0 aromatic carbocycles. The van der Waals surface area contributed by atoms with E-state index in [2.05, 4.69) is 9.47 Å². The molecule has 62 valence electrons. The van der Waals surface area contributed by atoms with Crippen LogP contribution in [-0.2, 0) is 9.47 Å². The molecule has 1 unspecified atom stereocenters. The summed E-state index contributed by atoms with van der Waals surface area (Å²) in [5.74, 6) is 0. The van der Waals surface area contributed by atoms with Crippen molar-refractivity contribution < 1.29 is 18.3 Å². The summed E-state index contributed by atoms with van der Waals surface area (Å²) in [6, 6.07) is 0. The number of halogens is 2. The third kappa shape index (κ3) is 5.91. The second kappa shape index (κ2) is 6.89. The Morgan fingerprint density at radius 1 is 1.40 bits per heavy atom. The summed E-state index contributed by atoms with van der Waals surface area (Å²) in [6.07, 6.45) is -1.17. The van der Waals surface area contributed by atoms with Crippen LogP contribution in [0, 0.1) is 0 Å². The van der Waals surface area contributed by atoms with Crippen molar-refractivity contribution in [3.63, 3.8) is 0 Å². The van der Waals surface area contributed by atoms with E-state index in [1.54, 1.807) is 7.11 Å². The first kappa shape index (κ1) is 9.78. The average Bonchev–Trinajstić information content (AvgIpc) is 1.98. The highest BCUT2D eigenvalue weighted by Gasteiger charge is 2.02. The van der Waals surface area contributed by atoms with Crippen LogP contribution in [0.4, 0.5) is 8.78 Å². The lowest BCUT2D eigenvalue weighted by Gasteiger charge is -2.04. The fourth-order valence-corrected chi connectivity index (χ4v) is 0.459. The first-order valence-corrected chi connectivity index (χ1v) is 3.12. The van der Waals surface area contributed by atoms with Crippen molar-refractivity contribution in [1.82, 2.24) is 0 Å². The minimum absolute atomic E-state index is 0.207. The Morgan fingerprint density at radius 2 is 2.10 bits per heavy atom. The van der Waals surface area contributed by atoms with Gasteiger partial charge in [0.25, 0.3) is 0 Å². The highest BCUT2D eigenvalue weighted by molar-refractivity contribution is 4.37. The van der Waals surface area contributed by atoms with Gasteiger partial charge in [-0.15, -0.1) is 0 Å². The molecule has 0 rings (SSSR count). The molecular formula is C6H12F2O2. The first-order chi connectivity index (χ1) is 4.81. The van der Waals surface area contributed by atoms with Crippen LogP contribution in [0.25, 0.3) is 0 Å². The lowest BCUT2D eigenvalue weighted by Crippen LogP contribution is -2.10. The van der Waals surface area contributed by atoms with Crippen LogP contribution >= 0.6 is 0 Å². The van der Waals surface area contributed by atoms with E-state index < -0.39 is 13.0 Å². The molecule has 0 aliphatic heterocycles. The number of hydrogen-bond acceptors (Lipinski definition) is 2. The number of ether oxygens (including phenoxy) is 2. The van der Waals surface area contributed by atoms with Gasteiger partial charge in [-0.25, -0.2) is 8.78 Å². The van der Waals surface area contributed by atoms with Crippen molar-refractivity contribution in [3.8, 4) is 0 Å². The minimum atomic E-state index is -1.77. The lowest BCUT2D eigenvalue weighted by molar-refractivity contribution is -0.0564. The van der Waals surface area contributed by atoms with Crippen molar-refractivity contribution in [3.05, 3.63) is 0 Å². The molecule has 1 atom stereocenters. The molecule has 0 fully saturated rings. The minimum Gasteiger partial charge on any atom is -0.385 e. The van der Waals surface area contributed by atoms with Gasteiger partial charge in [0, 0.05) is 13.7 Å². The second-order valence-electron chi connectivity index (χ2n) is 1.78. The SMILES string of the molecule is COCCCOC(F)CF. The zero-order valence-electron chi connectivity index (χ0n) is 5.98. The Labute approximate surface area is 59.1 Å². The fraction of sp³-hybridized carbons (Fsp3) is 1.00. The van der Waals surface area contributed by atoms with Gasteiger partial charge in [-0.1, -0.05) is 0 Å². The summed E-state index contributed by atoms with van der Waals surface area (Å²) in [6.45, 7) is -0.356. The van der Waals surface area contributed by atoms with E-state index in [1.807, 2.05) is 0 Å². The van der Waals surface area contributed by atoms with Gasteiger partial charge in [0.1, 0.15) is 6.67 Å². The number of hydrogen-bond donors (Lipinski definition) is 0. The standard InChI is InChI=1S/C6H12F2O2/c1-9-3-2-4-10-6(8)5-7/h6H,2-5H2,1H3. The molecule has 0 amide bonds. The molecule has 0 spiro atoms. The Hall–Kier alpha value is -0.220. The third-order valence-corrected chi connectivity index (χ3v) is 0.913. The highest BCUT2D eigenvalue weighted by Crippen LogP contribution is 1.95. The summed E-state index contributed by atoms with van der Waals surface area (Å²) in [4.78, 5) is 0. The van der Waals surface area contributed by atoms with Crippen LogP contribution in [0.2, 0.25) is 0 Å². The quantitative estimate of drug-likeness (QED) is 0.537. The molecule has 0 aliphatic carbocycles. The smallest absolute Gasteiger partial charge is 0.227 e. The summed E-state index contributed by atoms with van der Waals surface area (Å²) >= 11 is 0. The molecule has 0 aromatic heterocycles. The Bertz CT molecular complexity index is 70.8. The Kier molecular flexibility index (Phi) is 6.74. The van der Waals surface area contributed by atoms with Crippen LogP contribution in [-0.4, -0.2) is 33.4 Å². The zero-order valence-corrected chi connectivity index (χ0v) is 5.98. The number of alkyl halides is 2. The van der Waals surface area contributed by atoms with Gasteiger partial charge in [-0.3, -0.25) is 0 Å². The maximum Gasteiger partial charge on any atom is 0.227 e. The molecule has 0 heterocycles. The molecule has 0 bridgehead atoms.